The van der Waals surface area contributed by atoms with Gasteiger partial charge in [-0.1, -0.05) is 0 Å². The Kier molecular flexibility index (Phi) is 3.05. The number of nitrogens with one attached hydrogen (secondary N) is 2. The third-order valence-electron chi connectivity index (χ3n) is 2.43. The molecule has 1 unspecified atom stereocenters. The van der Waals surface area contributed by atoms with Crippen LogP contribution in [0.25, 0.3) is 0 Å². The summed E-state index contributed by atoms with van der Waals surface area (Å²) >= 11 is 0. The van der Waals surface area contributed by atoms with Crippen LogP contribution in [0.5, 0.6) is 0 Å². The van der Waals surface area contributed by atoms with Gasteiger partial charge in [-0.3, -0.25) is 9.48 Å². The summed E-state index contributed by atoms with van der Waals surface area (Å²) in [4.78, 5) is 14.7. The number of aromatic amines is 1. The van der Waals surface area contributed by atoms with Gasteiger partial charge in [0, 0.05) is 31.3 Å². The summed E-state index contributed by atoms with van der Waals surface area (Å²) in [5, 5.41) is 6.89. The number of hydrogen-bond donors (Lipinski definition) is 2. The summed E-state index contributed by atoms with van der Waals surface area (Å²) in [5.41, 5.74) is 1.06. The predicted molar refractivity (Wildman–Crippen MR) is 59.6 cm³/mol. The van der Waals surface area contributed by atoms with Crippen molar-refractivity contribution in [2.45, 2.75) is 19.5 Å². The van der Waals surface area contributed by atoms with Crippen molar-refractivity contribution in [3.05, 3.63) is 42.5 Å². The Labute approximate surface area is 93.5 Å². The number of hydrogen-bond acceptors (Lipinski definition) is 2. The molecule has 84 valence electrons. The van der Waals surface area contributed by atoms with E-state index >= 15 is 0 Å². The first-order valence-electron chi connectivity index (χ1n) is 5.16. The van der Waals surface area contributed by atoms with Crippen molar-refractivity contribution in [1.82, 2.24) is 20.1 Å². The van der Waals surface area contributed by atoms with Crippen LogP contribution in [0.1, 0.15) is 18.5 Å². The molecule has 1 amide bonds. The number of H-pyrrole nitrogens is 1. The molecule has 0 spiro atoms. The van der Waals surface area contributed by atoms with Gasteiger partial charge >= 0.3 is 0 Å². The van der Waals surface area contributed by atoms with Crippen molar-refractivity contribution in [3.63, 3.8) is 0 Å². The fourth-order valence-corrected chi connectivity index (χ4v) is 1.44. The van der Waals surface area contributed by atoms with Crippen LogP contribution in [0.3, 0.4) is 0 Å². The van der Waals surface area contributed by atoms with Crippen molar-refractivity contribution >= 4 is 5.91 Å². The molecular formula is C11H14N4O. The van der Waals surface area contributed by atoms with Crippen molar-refractivity contribution < 1.29 is 4.79 Å². The Hall–Kier alpha value is -2.04. The lowest BCUT2D eigenvalue weighted by molar-refractivity contribution is -0.124. The Morgan fingerprint density at radius 2 is 2.56 bits per heavy atom. The highest BCUT2D eigenvalue weighted by atomic mass is 16.2. The van der Waals surface area contributed by atoms with Gasteiger partial charge in [0.25, 0.3) is 0 Å². The minimum Gasteiger partial charge on any atom is -0.367 e. The molecule has 0 aromatic carbocycles. The summed E-state index contributed by atoms with van der Waals surface area (Å²) in [6, 6.07) is 3.45. The zero-order valence-electron chi connectivity index (χ0n) is 9.05. The van der Waals surface area contributed by atoms with E-state index in [0.29, 0.717) is 6.54 Å². The first kappa shape index (κ1) is 10.5. The van der Waals surface area contributed by atoms with E-state index in [2.05, 4.69) is 15.4 Å². The molecule has 2 heterocycles. The molecule has 0 radical (unpaired) electrons. The van der Waals surface area contributed by atoms with Gasteiger partial charge in [-0.25, -0.2) is 0 Å². The van der Waals surface area contributed by atoms with Crippen LogP contribution >= 0.6 is 0 Å². The molecule has 2 aromatic heterocycles. The van der Waals surface area contributed by atoms with Crippen molar-refractivity contribution in [3.8, 4) is 0 Å². The number of amides is 1. The molecule has 0 fully saturated rings. The molecule has 0 aliphatic rings. The molecule has 2 rings (SSSR count). The molecule has 0 aliphatic carbocycles. The van der Waals surface area contributed by atoms with Crippen molar-refractivity contribution in [2.24, 2.45) is 0 Å². The van der Waals surface area contributed by atoms with E-state index in [9.17, 15) is 4.79 Å². The lowest BCUT2D eigenvalue weighted by Gasteiger charge is -2.11. The Balaban J connectivity index is 1.89. The molecular weight excluding hydrogens is 204 g/mol. The second kappa shape index (κ2) is 4.65. The highest BCUT2D eigenvalue weighted by Gasteiger charge is 2.13. The third-order valence-corrected chi connectivity index (χ3v) is 2.43. The summed E-state index contributed by atoms with van der Waals surface area (Å²) in [6.07, 6.45) is 7.13. The van der Waals surface area contributed by atoms with Gasteiger partial charge in [-0.15, -0.1) is 0 Å². The van der Waals surface area contributed by atoms with E-state index in [-0.39, 0.29) is 11.9 Å². The average molecular weight is 218 g/mol. The summed E-state index contributed by atoms with van der Waals surface area (Å²) in [6.45, 7) is 2.35. The fraction of sp³-hybridized carbons (Fsp3) is 0.273. The van der Waals surface area contributed by atoms with E-state index in [0.717, 1.165) is 5.56 Å². The zero-order valence-corrected chi connectivity index (χ0v) is 9.05. The number of nitrogens with zero attached hydrogens (tertiary/aromatic N) is 2. The van der Waals surface area contributed by atoms with Gasteiger partial charge in [0.05, 0.1) is 0 Å². The van der Waals surface area contributed by atoms with E-state index in [1.807, 2.05) is 25.4 Å². The first-order valence-corrected chi connectivity index (χ1v) is 5.16. The quantitative estimate of drug-likeness (QED) is 0.806. The van der Waals surface area contributed by atoms with Crippen LogP contribution in [-0.4, -0.2) is 20.7 Å². The topological polar surface area (TPSA) is 62.7 Å². The van der Waals surface area contributed by atoms with Gasteiger partial charge in [0.1, 0.15) is 6.04 Å². The monoisotopic (exact) mass is 218 g/mol. The number of carbonyl (C=O) groups is 1. The molecule has 1 atom stereocenters. The van der Waals surface area contributed by atoms with E-state index in [4.69, 9.17) is 0 Å². The van der Waals surface area contributed by atoms with Gasteiger partial charge in [0.2, 0.25) is 5.91 Å². The van der Waals surface area contributed by atoms with Crippen LogP contribution in [0.15, 0.2) is 36.9 Å². The molecule has 5 heteroatoms. The van der Waals surface area contributed by atoms with Crippen LogP contribution < -0.4 is 5.32 Å². The molecule has 16 heavy (non-hydrogen) atoms. The predicted octanol–water partition coefficient (Wildman–Crippen LogP) is 1.09. The second-order valence-corrected chi connectivity index (χ2v) is 3.60. The zero-order chi connectivity index (χ0) is 11.4. The highest BCUT2D eigenvalue weighted by Crippen LogP contribution is 2.04. The van der Waals surface area contributed by atoms with Gasteiger partial charge in [-0.2, -0.15) is 5.10 Å². The summed E-state index contributed by atoms with van der Waals surface area (Å²) in [5.74, 6) is -0.0371. The Morgan fingerprint density at radius 1 is 1.69 bits per heavy atom. The summed E-state index contributed by atoms with van der Waals surface area (Å²) < 4.78 is 1.63. The Bertz CT molecular complexity index is 433. The fourth-order valence-electron chi connectivity index (χ4n) is 1.44. The van der Waals surface area contributed by atoms with Gasteiger partial charge in [0.15, 0.2) is 0 Å². The number of rotatable bonds is 4. The van der Waals surface area contributed by atoms with Crippen LogP contribution in [0.4, 0.5) is 0 Å². The van der Waals surface area contributed by atoms with Crippen molar-refractivity contribution in [2.75, 3.05) is 0 Å². The molecule has 0 aliphatic heterocycles. The molecule has 2 aromatic rings. The minimum atomic E-state index is -0.283. The van der Waals surface area contributed by atoms with E-state index in [1.165, 1.54) is 0 Å². The lowest BCUT2D eigenvalue weighted by Crippen LogP contribution is -2.30. The average Bonchev–Trinajstić information content (AvgIpc) is 2.96. The summed E-state index contributed by atoms with van der Waals surface area (Å²) in [7, 11) is 0. The van der Waals surface area contributed by atoms with Crippen LogP contribution in [0.2, 0.25) is 0 Å². The molecule has 2 N–H and O–H groups in total. The SMILES string of the molecule is CC(C(=O)NCc1cc[nH]c1)n1cccn1. The lowest BCUT2D eigenvalue weighted by atomic mass is 10.3. The van der Waals surface area contributed by atoms with E-state index < -0.39 is 0 Å². The first-order chi connectivity index (χ1) is 7.77. The minimum absolute atomic E-state index is 0.0371. The second-order valence-electron chi connectivity index (χ2n) is 3.60. The maximum absolute atomic E-state index is 11.8. The maximum Gasteiger partial charge on any atom is 0.244 e. The van der Waals surface area contributed by atoms with Crippen LogP contribution in [-0.2, 0) is 11.3 Å². The standard InChI is InChI=1S/C11H14N4O/c1-9(15-6-2-4-14-15)11(16)13-8-10-3-5-12-7-10/h2-7,9,12H,8H2,1H3,(H,13,16). The number of carbonyl (C=O) groups excluding carboxylic acids is 1. The largest absolute Gasteiger partial charge is 0.367 e. The number of aromatic nitrogens is 3. The normalized spacial score (nSPS) is 12.3. The van der Waals surface area contributed by atoms with Gasteiger partial charge in [-0.05, 0) is 24.6 Å². The highest BCUT2D eigenvalue weighted by molar-refractivity contribution is 5.79. The van der Waals surface area contributed by atoms with Crippen molar-refractivity contribution in [1.29, 1.82) is 0 Å². The smallest absolute Gasteiger partial charge is 0.244 e. The molecule has 0 saturated carbocycles. The maximum atomic E-state index is 11.8. The van der Waals surface area contributed by atoms with Crippen LogP contribution in [0, 0.1) is 0 Å². The molecule has 0 saturated heterocycles. The van der Waals surface area contributed by atoms with E-state index in [1.54, 1.807) is 23.1 Å². The molecule has 0 bridgehead atoms. The van der Waals surface area contributed by atoms with Gasteiger partial charge < -0.3 is 10.3 Å². The third kappa shape index (κ3) is 2.31. The Morgan fingerprint density at radius 3 is 3.19 bits per heavy atom. The molecule has 5 nitrogen and oxygen atoms in total.